The number of halogens is 2. The van der Waals surface area contributed by atoms with Gasteiger partial charge in [-0.2, -0.15) is 0 Å². The summed E-state index contributed by atoms with van der Waals surface area (Å²) in [6, 6.07) is 11.2. The van der Waals surface area contributed by atoms with Crippen molar-refractivity contribution in [2.24, 2.45) is 0 Å². The first kappa shape index (κ1) is 19.1. The minimum absolute atomic E-state index is 0.388. The summed E-state index contributed by atoms with van der Waals surface area (Å²) < 4.78 is 33.3. The van der Waals surface area contributed by atoms with Crippen molar-refractivity contribution in [2.75, 3.05) is 5.32 Å². The Hall–Kier alpha value is -3.87. The fourth-order valence-electron chi connectivity index (χ4n) is 3.90. The fraction of sp³-hybridized carbons (Fsp3) is 0.125. The average molecular weight is 417 g/mol. The zero-order valence-electron chi connectivity index (χ0n) is 16.4. The van der Waals surface area contributed by atoms with E-state index >= 15 is 0 Å². The molecule has 0 bridgehead atoms. The topological polar surface area (TPSA) is 68.0 Å². The van der Waals surface area contributed by atoms with E-state index in [2.05, 4.69) is 21.4 Å². The highest BCUT2D eigenvalue weighted by Gasteiger charge is 2.20. The van der Waals surface area contributed by atoms with Crippen LogP contribution in [0.1, 0.15) is 27.9 Å². The largest absolute Gasteiger partial charge is 0.445 e. The lowest BCUT2D eigenvalue weighted by Crippen LogP contribution is -2.16. The summed E-state index contributed by atoms with van der Waals surface area (Å²) in [5.74, 6) is -2.14. The second kappa shape index (κ2) is 7.75. The predicted molar refractivity (Wildman–Crippen MR) is 112 cm³/mol. The third kappa shape index (κ3) is 3.59. The standard InChI is InChI=1S/C24H17F2N3O2/c25-19-5-2-6-20(26)21(19)23(30)29-17-11-15-4-1-3-14-7-8-16(24-27-9-10-31-24)12-18(14)22(15)28-13-17/h2,5-13H,1,3-4H2,(H,29,30). The number of nitrogens with one attached hydrogen (secondary N) is 1. The maximum atomic E-state index is 13.9. The first-order valence-electron chi connectivity index (χ1n) is 9.87. The molecular weight excluding hydrogens is 400 g/mol. The number of hydrogen-bond donors (Lipinski definition) is 1. The van der Waals surface area contributed by atoms with Crippen LogP contribution >= 0.6 is 0 Å². The lowest BCUT2D eigenvalue weighted by atomic mass is 9.98. The summed E-state index contributed by atoms with van der Waals surface area (Å²) in [6.45, 7) is 0. The zero-order chi connectivity index (χ0) is 21.4. The van der Waals surface area contributed by atoms with E-state index in [4.69, 9.17) is 4.42 Å². The second-order valence-corrected chi connectivity index (χ2v) is 7.35. The Morgan fingerprint density at radius 1 is 1.00 bits per heavy atom. The molecule has 0 saturated carbocycles. The number of amides is 1. The van der Waals surface area contributed by atoms with Crippen LogP contribution in [0, 0.1) is 11.6 Å². The summed E-state index contributed by atoms with van der Waals surface area (Å²) in [6.07, 6.45) is 7.20. The number of oxazole rings is 1. The summed E-state index contributed by atoms with van der Waals surface area (Å²) in [4.78, 5) is 21.2. The van der Waals surface area contributed by atoms with Gasteiger partial charge in [-0.05, 0) is 60.7 Å². The van der Waals surface area contributed by atoms with E-state index in [-0.39, 0.29) is 0 Å². The van der Waals surface area contributed by atoms with E-state index in [1.165, 1.54) is 24.1 Å². The first-order chi connectivity index (χ1) is 15.1. The molecule has 0 radical (unpaired) electrons. The summed E-state index contributed by atoms with van der Waals surface area (Å²) in [5.41, 5.74) is 4.56. The van der Waals surface area contributed by atoms with Crippen LogP contribution in [0.15, 0.2) is 65.5 Å². The van der Waals surface area contributed by atoms with Gasteiger partial charge in [-0.15, -0.1) is 0 Å². The van der Waals surface area contributed by atoms with E-state index in [9.17, 15) is 13.6 Å². The van der Waals surface area contributed by atoms with Crippen molar-refractivity contribution in [3.63, 3.8) is 0 Å². The number of hydrogen-bond acceptors (Lipinski definition) is 4. The Morgan fingerprint density at radius 3 is 2.58 bits per heavy atom. The Kier molecular flexibility index (Phi) is 4.78. The van der Waals surface area contributed by atoms with Gasteiger partial charge in [0.15, 0.2) is 0 Å². The van der Waals surface area contributed by atoms with Crippen molar-refractivity contribution in [3.8, 4) is 22.7 Å². The molecule has 0 atom stereocenters. The highest BCUT2D eigenvalue weighted by molar-refractivity contribution is 6.04. The Morgan fingerprint density at radius 2 is 1.81 bits per heavy atom. The third-order valence-corrected chi connectivity index (χ3v) is 5.35. The van der Waals surface area contributed by atoms with Crippen LogP contribution in [0.2, 0.25) is 0 Å². The van der Waals surface area contributed by atoms with Crippen LogP contribution in [0.3, 0.4) is 0 Å². The van der Waals surface area contributed by atoms with E-state index in [1.807, 2.05) is 18.2 Å². The SMILES string of the molecule is O=C(Nc1cnc2c(c1)CCCc1ccc(-c3ncco3)cc1-2)c1c(F)cccc1F. The molecule has 2 heterocycles. The van der Waals surface area contributed by atoms with Gasteiger partial charge in [0.25, 0.3) is 5.91 Å². The quantitative estimate of drug-likeness (QED) is 0.483. The molecular formula is C24H17F2N3O2. The molecule has 0 fully saturated rings. The number of carbonyl (C=O) groups excluding carboxylic acids is 1. The number of nitrogens with zero attached hydrogens (tertiary/aromatic N) is 2. The highest BCUT2D eigenvalue weighted by Crippen LogP contribution is 2.35. The maximum Gasteiger partial charge on any atom is 0.261 e. The van der Waals surface area contributed by atoms with Crippen LogP contribution in [0.4, 0.5) is 14.5 Å². The van der Waals surface area contributed by atoms with Gasteiger partial charge in [-0.3, -0.25) is 9.78 Å². The van der Waals surface area contributed by atoms with Crippen molar-refractivity contribution in [1.29, 1.82) is 0 Å². The van der Waals surface area contributed by atoms with Crippen LogP contribution in [-0.2, 0) is 12.8 Å². The van der Waals surface area contributed by atoms with Crippen molar-refractivity contribution in [1.82, 2.24) is 9.97 Å². The summed E-state index contributed by atoms with van der Waals surface area (Å²) in [5, 5.41) is 2.56. The van der Waals surface area contributed by atoms with Crippen LogP contribution in [-0.4, -0.2) is 15.9 Å². The molecule has 7 heteroatoms. The number of aromatic nitrogens is 2. The van der Waals surface area contributed by atoms with Gasteiger partial charge < -0.3 is 9.73 Å². The summed E-state index contributed by atoms with van der Waals surface area (Å²) >= 11 is 0. The van der Waals surface area contributed by atoms with Crippen molar-refractivity contribution in [3.05, 3.63) is 89.4 Å². The Bertz CT molecular complexity index is 1270. The molecule has 0 saturated heterocycles. The first-order valence-corrected chi connectivity index (χ1v) is 9.87. The molecule has 1 aliphatic rings. The monoisotopic (exact) mass is 417 g/mol. The number of carbonyl (C=O) groups is 1. The van der Waals surface area contributed by atoms with Gasteiger partial charge in [0.1, 0.15) is 23.5 Å². The zero-order valence-corrected chi connectivity index (χ0v) is 16.4. The van der Waals surface area contributed by atoms with Crippen LogP contribution in [0.5, 0.6) is 0 Å². The van der Waals surface area contributed by atoms with Gasteiger partial charge in [0.05, 0.1) is 23.8 Å². The maximum absolute atomic E-state index is 13.9. The normalized spacial score (nSPS) is 12.6. The number of pyridine rings is 1. The van der Waals surface area contributed by atoms with Crippen LogP contribution in [0.25, 0.3) is 22.7 Å². The van der Waals surface area contributed by atoms with Gasteiger partial charge in [-0.25, -0.2) is 13.8 Å². The van der Waals surface area contributed by atoms with Gasteiger partial charge >= 0.3 is 0 Å². The van der Waals surface area contributed by atoms with Crippen molar-refractivity contribution in [2.45, 2.75) is 19.3 Å². The second-order valence-electron chi connectivity index (χ2n) is 7.35. The van der Waals surface area contributed by atoms with Gasteiger partial charge in [-0.1, -0.05) is 12.1 Å². The van der Waals surface area contributed by atoms with Gasteiger partial charge in [0, 0.05) is 11.1 Å². The molecule has 0 unspecified atom stereocenters. The van der Waals surface area contributed by atoms with E-state index in [1.54, 1.807) is 6.20 Å². The molecule has 1 amide bonds. The number of fused-ring (bicyclic) bond motifs is 3. The Balaban J connectivity index is 1.50. The molecule has 0 spiro atoms. The molecule has 1 aliphatic carbocycles. The molecule has 2 aromatic heterocycles. The van der Waals surface area contributed by atoms with Crippen molar-refractivity contribution >= 4 is 11.6 Å². The molecule has 31 heavy (non-hydrogen) atoms. The molecule has 1 N–H and O–H groups in total. The van der Waals surface area contributed by atoms with E-state index in [0.717, 1.165) is 53.8 Å². The van der Waals surface area contributed by atoms with E-state index < -0.39 is 23.1 Å². The number of aryl methyl sites for hydroxylation is 2. The van der Waals surface area contributed by atoms with Crippen LogP contribution < -0.4 is 5.32 Å². The molecule has 4 aromatic rings. The molecule has 154 valence electrons. The number of benzene rings is 2. The minimum Gasteiger partial charge on any atom is -0.445 e. The average Bonchev–Trinajstić information content (AvgIpc) is 3.23. The smallest absolute Gasteiger partial charge is 0.261 e. The molecule has 5 nitrogen and oxygen atoms in total. The van der Waals surface area contributed by atoms with Crippen molar-refractivity contribution < 1.29 is 18.0 Å². The third-order valence-electron chi connectivity index (χ3n) is 5.35. The molecule has 2 aromatic carbocycles. The van der Waals surface area contributed by atoms with E-state index in [0.29, 0.717) is 11.6 Å². The Labute approximate surface area is 176 Å². The number of rotatable bonds is 3. The number of anilines is 1. The lowest BCUT2D eigenvalue weighted by Gasteiger charge is -2.12. The molecule has 0 aliphatic heterocycles. The predicted octanol–water partition coefficient (Wildman–Crippen LogP) is 5.42. The fourth-order valence-corrected chi connectivity index (χ4v) is 3.90. The van der Waals surface area contributed by atoms with Gasteiger partial charge in [0.2, 0.25) is 5.89 Å². The molecule has 5 rings (SSSR count). The highest BCUT2D eigenvalue weighted by atomic mass is 19.1. The summed E-state index contributed by atoms with van der Waals surface area (Å²) in [7, 11) is 0. The minimum atomic E-state index is -0.909. The lowest BCUT2D eigenvalue weighted by molar-refractivity contribution is 0.101.